The lowest BCUT2D eigenvalue weighted by atomic mass is 10.1. The van der Waals surface area contributed by atoms with E-state index in [0.29, 0.717) is 0 Å². The van der Waals surface area contributed by atoms with Gasteiger partial charge in [0.05, 0.1) is 0 Å². The second kappa shape index (κ2) is 3.70. The summed E-state index contributed by atoms with van der Waals surface area (Å²) >= 11 is 0. The molecule has 0 saturated carbocycles. The standard InChI is InChI=1S/C13H15N/c1-3-4-9-14-10-12-7-5-6-8-13(12)11(14)2/h3-8H,2,9-10H2,1H3/b4-3+. The maximum Gasteiger partial charge on any atom is 0.0439 e. The average molecular weight is 185 g/mol. The molecule has 0 saturated heterocycles. The summed E-state index contributed by atoms with van der Waals surface area (Å²) in [5.41, 5.74) is 3.85. The Hall–Kier alpha value is -1.50. The molecule has 1 heterocycles. The smallest absolute Gasteiger partial charge is 0.0439 e. The zero-order valence-electron chi connectivity index (χ0n) is 8.53. The number of fused-ring (bicyclic) bond motifs is 1. The highest BCUT2D eigenvalue weighted by Gasteiger charge is 2.19. The largest absolute Gasteiger partial charge is 0.363 e. The number of nitrogens with zero attached hydrogens (tertiary/aromatic N) is 1. The van der Waals surface area contributed by atoms with Gasteiger partial charge in [0.1, 0.15) is 0 Å². The molecule has 1 aromatic carbocycles. The summed E-state index contributed by atoms with van der Waals surface area (Å²) in [6, 6.07) is 8.48. The van der Waals surface area contributed by atoms with Gasteiger partial charge in [-0.3, -0.25) is 0 Å². The molecule has 0 N–H and O–H groups in total. The van der Waals surface area contributed by atoms with Crippen molar-refractivity contribution in [3.8, 4) is 0 Å². The van der Waals surface area contributed by atoms with Crippen LogP contribution < -0.4 is 0 Å². The molecule has 1 nitrogen and oxygen atoms in total. The number of benzene rings is 1. The molecule has 0 fully saturated rings. The fourth-order valence-corrected chi connectivity index (χ4v) is 1.82. The molecular formula is C13H15N. The molecule has 72 valence electrons. The van der Waals surface area contributed by atoms with Gasteiger partial charge in [-0.1, -0.05) is 43.0 Å². The summed E-state index contributed by atoms with van der Waals surface area (Å²) in [6.45, 7) is 8.13. The molecule has 0 amide bonds. The van der Waals surface area contributed by atoms with E-state index in [-0.39, 0.29) is 0 Å². The number of hydrogen-bond acceptors (Lipinski definition) is 1. The highest BCUT2D eigenvalue weighted by atomic mass is 15.1. The van der Waals surface area contributed by atoms with E-state index in [2.05, 4.69) is 47.9 Å². The number of rotatable bonds is 2. The molecule has 1 heteroatoms. The van der Waals surface area contributed by atoms with Gasteiger partial charge >= 0.3 is 0 Å². The minimum Gasteiger partial charge on any atom is -0.363 e. The third-order valence-corrected chi connectivity index (χ3v) is 2.63. The van der Waals surface area contributed by atoms with E-state index in [0.717, 1.165) is 18.8 Å². The van der Waals surface area contributed by atoms with Gasteiger partial charge in [0.2, 0.25) is 0 Å². The van der Waals surface area contributed by atoms with Crippen LogP contribution in [-0.4, -0.2) is 11.4 Å². The van der Waals surface area contributed by atoms with Gasteiger partial charge in [0, 0.05) is 24.4 Å². The quantitative estimate of drug-likeness (QED) is 0.640. The fourth-order valence-electron chi connectivity index (χ4n) is 1.82. The summed E-state index contributed by atoms with van der Waals surface area (Å²) in [7, 11) is 0. The van der Waals surface area contributed by atoms with Crippen molar-refractivity contribution in [3.05, 3.63) is 54.1 Å². The van der Waals surface area contributed by atoms with Crippen LogP contribution in [0.25, 0.3) is 5.70 Å². The molecule has 1 aromatic rings. The third kappa shape index (κ3) is 1.46. The lowest BCUT2D eigenvalue weighted by Crippen LogP contribution is -2.14. The van der Waals surface area contributed by atoms with E-state index >= 15 is 0 Å². The Bertz CT molecular complexity index is 377. The van der Waals surface area contributed by atoms with Crippen molar-refractivity contribution >= 4 is 5.70 Å². The van der Waals surface area contributed by atoms with Crippen LogP contribution in [0.2, 0.25) is 0 Å². The summed E-state index contributed by atoms with van der Waals surface area (Å²) in [6.07, 6.45) is 4.24. The Morgan fingerprint density at radius 3 is 2.93 bits per heavy atom. The molecule has 0 radical (unpaired) electrons. The average Bonchev–Trinajstić information content (AvgIpc) is 2.54. The normalized spacial score (nSPS) is 15.2. The first kappa shape index (κ1) is 9.07. The van der Waals surface area contributed by atoms with Crippen LogP contribution in [0.15, 0.2) is 43.0 Å². The van der Waals surface area contributed by atoms with Crippen LogP contribution in [0.3, 0.4) is 0 Å². The van der Waals surface area contributed by atoms with E-state index in [1.807, 2.05) is 6.92 Å². The Morgan fingerprint density at radius 1 is 1.43 bits per heavy atom. The maximum atomic E-state index is 4.12. The van der Waals surface area contributed by atoms with Crippen LogP contribution in [0, 0.1) is 0 Å². The van der Waals surface area contributed by atoms with Crippen molar-refractivity contribution < 1.29 is 0 Å². The van der Waals surface area contributed by atoms with Crippen LogP contribution in [0.5, 0.6) is 0 Å². The number of hydrogen-bond donors (Lipinski definition) is 0. The molecule has 0 spiro atoms. The molecule has 0 aliphatic carbocycles. The molecule has 0 unspecified atom stereocenters. The van der Waals surface area contributed by atoms with E-state index in [1.54, 1.807) is 0 Å². The first-order chi connectivity index (χ1) is 6.83. The van der Waals surface area contributed by atoms with Crippen molar-refractivity contribution in [3.63, 3.8) is 0 Å². The summed E-state index contributed by atoms with van der Waals surface area (Å²) in [5.74, 6) is 0. The summed E-state index contributed by atoms with van der Waals surface area (Å²) in [5, 5.41) is 0. The minimum absolute atomic E-state index is 0.962. The van der Waals surface area contributed by atoms with Gasteiger partial charge in [-0.05, 0) is 12.5 Å². The van der Waals surface area contributed by atoms with Crippen LogP contribution >= 0.6 is 0 Å². The molecule has 0 bridgehead atoms. The maximum absolute atomic E-state index is 4.12. The Morgan fingerprint density at radius 2 is 2.21 bits per heavy atom. The first-order valence-corrected chi connectivity index (χ1v) is 4.96. The van der Waals surface area contributed by atoms with Crippen LogP contribution in [-0.2, 0) is 6.54 Å². The van der Waals surface area contributed by atoms with Crippen LogP contribution in [0.4, 0.5) is 0 Å². The van der Waals surface area contributed by atoms with E-state index in [4.69, 9.17) is 0 Å². The zero-order chi connectivity index (χ0) is 9.97. The van der Waals surface area contributed by atoms with E-state index in [1.165, 1.54) is 11.1 Å². The van der Waals surface area contributed by atoms with Crippen molar-refractivity contribution in [2.45, 2.75) is 13.5 Å². The zero-order valence-corrected chi connectivity index (χ0v) is 8.53. The van der Waals surface area contributed by atoms with Gasteiger partial charge in [-0.2, -0.15) is 0 Å². The highest BCUT2D eigenvalue weighted by molar-refractivity contribution is 5.68. The second-order valence-corrected chi connectivity index (χ2v) is 3.55. The summed E-state index contributed by atoms with van der Waals surface area (Å²) < 4.78 is 0. The third-order valence-electron chi connectivity index (χ3n) is 2.63. The Kier molecular flexibility index (Phi) is 2.40. The summed E-state index contributed by atoms with van der Waals surface area (Å²) in [4.78, 5) is 2.30. The Balaban J connectivity index is 2.21. The van der Waals surface area contributed by atoms with Gasteiger partial charge < -0.3 is 4.90 Å². The monoisotopic (exact) mass is 185 g/mol. The van der Waals surface area contributed by atoms with Crippen molar-refractivity contribution in [1.82, 2.24) is 4.90 Å². The van der Waals surface area contributed by atoms with Gasteiger partial charge in [-0.15, -0.1) is 0 Å². The lowest BCUT2D eigenvalue weighted by Gasteiger charge is -2.16. The number of allylic oxidation sites excluding steroid dienone is 1. The fraction of sp³-hybridized carbons (Fsp3) is 0.231. The van der Waals surface area contributed by atoms with Gasteiger partial charge in [-0.25, -0.2) is 0 Å². The van der Waals surface area contributed by atoms with Crippen molar-refractivity contribution in [2.75, 3.05) is 6.54 Å². The predicted molar refractivity (Wildman–Crippen MR) is 60.7 cm³/mol. The van der Waals surface area contributed by atoms with Crippen molar-refractivity contribution in [1.29, 1.82) is 0 Å². The molecular weight excluding hydrogens is 170 g/mol. The topological polar surface area (TPSA) is 3.24 Å². The molecule has 1 aliphatic heterocycles. The highest BCUT2D eigenvalue weighted by Crippen LogP contribution is 2.30. The SMILES string of the molecule is C=C1c2ccccc2CN1C/C=C/C. The molecule has 1 aliphatic rings. The molecule has 0 aromatic heterocycles. The Labute approximate surface area is 85.4 Å². The van der Waals surface area contributed by atoms with Crippen molar-refractivity contribution in [2.24, 2.45) is 0 Å². The first-order valence-electron chi connectivity index (χ1n) is 4.96. The molecule has 14 heavy (non-hydrogen) atoms. The second-order valence-electron chi connectivity index (χ2n) is 3.55. The lowest BCUT2D eigenvalue weighted by molar-refractivity contribution is 0.455. The van der Waals surface area contributed by atoms with E-state index in [9.17, 15) is 0 Å². The minimum atomic E-state index is 0.962. The molecule has 2 rings (SSSR count). The molecule has 0 atom stereocenters. The predicted octanol–water partition coefficient (Wildman–Crippen LogP) is 3.05. The van der Waals surface area contributed by atoms with Crippen LogP contribution in [0.1, 0.15) is 18.1 Å². The van der Waals surface area contributed by atoms with Gasteiger partial charge in [0.15, 0.2) is 0 Å². The van der Waals surface area contributed by atoms with Gasteiger partial charge in [0.25, 0.3) is 0 Å². The van der Waals surface area contributed by atoms with E-state index < -0.39 is 0 Å².